The van der Waals surface area contributed by atoms with E-state index >= 15 is 0 Å². The molecule has 1 aromatic carbocycles. The molecule has 1 aliphatic rings. The summed E-state index contributed by atoms with van der Waals surface area (Å²) in [6, 6.07) is 7.90. The summed E-state index contributed by atoms with van der Waals surface area (Å²) in [7, 11) is 3.62. The maximum absolute atomic E-state index is 12.3. The zero-order valence-electron chi connectivity index (χ0n) is 14.9. The number of likely N-dealkylation sites (N-methyl/N-ethyl adjacent to an activating group) is 1. The largest absolute Gasteiger partial charge is 0.388 e. The molecule has 2 N–H and O–H groups in total. The van der Waals surface area contributed by atoms with Gasteiger partial charge in [-0.15, -0.1) is 0 Å². The van der Waals surface area contributed by atoms with Crippen LogP contribution in [0.4, 0.5) is 4.79 Å². The van der Waals surface area contributed by atoms with Crippen molar-refractivity contribution in [3.05, 3.63) is 42.2 Å². The van der Waals surface area contributed by atoms with Gasteiger partial charge in [-0.1, -0.05) is 31.0 Å². The van der Waals surface area contributed by atoms with Gasteiger partial charge >= 0.3 is 6.03 Å². The fraction of sp³-hybridized carbons (Fsp3) is 0.474. The molecule has 0 radical (unpaired) electrons. The van der Waals surface area contributed by atoms with Crippen molar-refractivity contribution in [2.24, 2.45) is 7.05 Å². The van der Waals surface area contributed by atoms with Crippen molar-refractivity contribution in [2.45, 2.75) is 37.8 Å². The molecule has 1 heterocycles. The highest BCUT2D eigenvalue weighted by Gasteiger charge is 2.33. The molecule has 2 aromatic rings. The number of rotatable bonds is 5. The second kappa shape index (κ2) is 7.27. The van der Waals surface area contributed by atoms with Crippen LogP contribution in [0.25, 0.3) is 11.1 Å². The van der Waals surface area contributed by atoms with E-state index in [-0.39, 0.29) is 6.03 Å². The van der Waals surface area contributed by atoms with Crippen LogP contribution in [0.15, 0.2) is 36.7 Å². The number of amides is 2. The number of aryl methyl sites for hydroxylation is 1. The fourth-order valence-corrected chi connectivity index (χ4v) is 3.45. The summed E-state index contributed by atoms with van der Waals surface area (Å²) in [5.41, 5.74) is 2.44. The number of carbonyl (C=O) groups excluding carboxylic acids is 1. The number of aromatic nitrogens is 2. The number of urea groups is 1. The quantitative estimate of drug-likeness (QED) is 0.877. The van der Waals surface area contributed by atoms with Gasteiger partial charge in [-0.05, 0) is 30.0 Å². The molecule has 6 heteroatoms. The van der Waals surface area contributed by atoms with E-state index in [1.54, 1.807) is 16.6 Å². The minimum atomic E-state index is -0.716. The number of hydrogen-bond donors (Lipinski definition) is 2. The number of hydrogen-bond acceptors (Lipinski definition) is 3. The summed E-state index contributed by atoms with van der Waals surface area (Å²) >= 11 is 0. The van der Waals surface area contributed by atoms with E-state index < -0.39 is 5.60 Å². The summed E-state index contributed by atoms with van der Waals surface area (Å²) in [4.78, 5) is 13.9. The van der Waals surface area contributed by atoms with Crippen molar-refractivity contribution in [1.82, 2.24) is 20.0 Å². The lowest BCUT2D eigenvalue weighted by molar-refractivity contribution is 0.0247. The number of aliphatic hydroxyl groups is 1. The highest BCUT2D eigenvalue weighted by Crippen LogP contribution is 2.29. The summed E-state index contributed by atoms with van der Waals surface area (Å²) in [6.45, 7) is 0.838. The molecule has 0 bridgehead atoms. The molecule has 0 atom stereocenters. The Morgan fingerprint density at radius 2 is 2.12 bits per heavy atom. The first-order valence-corrected chi connectivity index (χ1v) is 8.74. The monoisotopic (exact) mass is 342 g/mol. The van der Waals surface area contributed by atoms with Gasteiger partial charge in [-0.2, -0.15) is 5.10 Å². The predicted octanol–water partition coefficient (Wildman–Crippen LogP) is 2.53. The Hall–Kier alpha value is -2.34. The maximum atomic E-state index is 12.3. The maximum Gasteiger partial charge on any atom is 0.317 e. The lowest BCUT2D eigenvalue weighted by Crippen LogP contribution is -2.45. The van der Waals surface area contributed by atoms with Crippen molar-refractivity contribution in [1.29, 1.82) is 0 Å². The second-order valence-corrected chi connectivity index (χ2v) is 7.05. The molecule has 0 unspecified atom stereocenters. The van der Waals surface area contributed by atoms with Gasteiger partial charge in [0.1, 0.15) is 0 Å². The molecule has 0 spiro atoms. The molecule has 1 saturated carbocycles. The summed E-state index contributed by atoms with van der Waals surface area (Å²) in [6.07, 6.45) is 7.41. The molecule has 0 saturated heterocycles. The normalized spacial score (nSPS) is 16.0. The van der Waals surface area contributed by atoms with E-state index in [0.717, 1.165) is 42.4 Å². The molecule has 1 aromatic heterocycles. The molecule has 1 fully saturated rings. The topological polar surface area (TPSA) is 70.4 Å². The Balaban J connectivity index is 1.56. The Kier molecular flexibility index (Phi) is 5.08. The molecule has 0 aliphatic heterocycles. The third-order valence-corrected chi connectivity index (χ3v) is 4.82. The first kappa shape index (κ1) is 17.5. The smallest absolute Gasteiger partial charge is 0.317 e. The van der Waals surface area contributed by atoms with Crippen molar-refractivity contribution in [3.63, 3.8) is 0 Å². The van der Waals surface area contributed by atoms with Crippen LogP contribution in [0.1, 0.15) is 31.2 Å². The van der Waals surface area contributed by atoms with Crippen LogP contribution in [0.5, 0.6) is 0 Å². The van der Waals surface area contributed by atoms with Crippen molar-refractivity contribution >= 4 is 6.03 Å². The minimum absolute atomic E-state index is 0.160. The third-order valence-electron chi connectivity index (χ3n) is 4.82. The van der Waals surface area contributed by atoms with Gasteiger partial charge in [0.25, 0.3) is 0 Å². The zero-order chi connectivity index (χ0) is 17.9. The van der Waals surface area contributed by atoms with Crippen LogP contribution in [-0.4, -0.2) is 45.0 Å². The summed E-state index contributed by atoms with van der Waals surface area (Å²) in [5.74, 6) is 0. The van der Waals surface area contributed by atoms with Crippen molar-refractivity contribution in [3.8, 4) is 11.1 Å². The van der Waals surface area contributed by atoms with E-state index in [1.165, 1.54) is 0 Å². The first-order chi connectivity index (χ1) is 12.0. The van der Waals surface area contributed by atoms with Crippen LogP contribution in [0.2, 0.25) is 0 Å². The van der Waals surface area contributed by atoms with Gasteiger partial charge in [0.2, 0.25) is 0 Å². The lowest BCUT2D eigenvalue weighted by Gasteiger charge is -2.28. The van der Waals surface area contributed by atoms with E-state index in [9.17, 15) is 9.90 Å². The fourth-order valence-electron chi connectivity index (χ4n) is 3.45. The van der Waals surface area contributed by atoms with Gasteiger partial charge in [-0.25, -0.2) is 4.79 Å². The summed E-state index contributed by atoms with van der Waals surface area (Å²) in [5, 5.41) is 17.6. The van der Waals surface area contributed by atoms with Crippen LogP contribution < -0.4 is 5.32 Å². The van der Waals surface area contributed by atoms with Gasteiger partial charge in [0, 0.05) is 32.4 Å². The van der Waals surface area contributed by atoms with Crippen LogP contribution in [0, 0.1) is 0 Å². The molecular formula is C19H26N4O2. The van der Waals surface area contributed by atoms with Gasteiger partial charge < -0.3 is 15.3 Å². The minimum Gasteiger partial charge on any atom is -0.388 e. The molecular weight excluding hydrogens is 316 g/mol. The van der Waals surface area contributed by atoms with Crippen LogP contribution in [-0.2, 0) is 13.6 Å². The van der Waals surface area contributed by atoms with Gasteiger partial charge in [0.05, 0.1) is 18.3 Å². The van der Waals surface area contributed by atoms with Crippen LogP contribution >= 0.6 is 0 Å². The van der Waals surface area contributed by atoms with Crippen molar-refractivity contribution in [2.75, 3.05) is 13.6 Å². The number of carbonyl (C=O) groups is 1. The second-order valence-electron chi connectivity index (χ2n) is 7.05. The van der Waals surface area contributed by atoms with E-state index in [0.29, 0.717) is 13.1 Å². The van der Waals surface area contributed by atoms with Gasteiger partial charge in [-0.3, -0.25) is 4.68 Å². The Bertz CT molecular complexity index is 735. The number of nitrogens with zero attached hydrogens (tertiary/aromatic N) is 3. The van der Waals surface area contributed by atoms with E-state index in [2.05, 4.69) is 16.5 Å². The average Bonchev–Trinajstić information content (AvgIpc) is 3.21. The van der Waals surface area contributed by atoms with Crippen LogP contribution in [0.3, 0.4) is 0 Å². The highest BCUT2D eigenvalue weighted by molar-refractivity contribution is 5.74. The predicted molar refractivity (Wildman–Crippen MR) is 96.9 cm³/mol. The molecule has 3 rings (SSSR count). The lowest BCUT2D eigenvalue weighted by atomic mass is 10.0. The first-order valence-electron chi connectivity index (χ1n) is 8.74. The van der Waals surface area contributed by atoms with Gasteiger partial charge in [0.15, 0.2) is 0 Å². The SMILES string of the molecule is CN(CC1(O)CCCC1)C(=O)NCc1cccc(-c2cnn(C)c2)c1. The number of nitrogens with one attached hydrogen (secondary N) is 1. The molecule has 1 aliphatic carbocycles. The third kappa shape index (κ3) is 4.39. The summed E-state index contributed by atoms with van der Waals surface area (Å²) < 4.78 is 1.77. The average molecular weight is 342 g/mol. The highest BCUT2D eigenvalue weighted by atomic mass is 16.3. The van der Waals surface area contributed by atoms with Crippen molar-refractivity contribution < 1.29 is 9.90 Å². The molecule has 134 valence electrons. The Morgan fingerprint density at radius 1 is 1.36 bits per heavy atom. The molecule has 6 nitrogen and oxygen atoms in total. The standard InChI is InChI=1S/C19H26N4O2/c1-22(14-19(25)8-3-4-9-19)18(24)20-11-15-6-5-7-16(10-15)17-12-21-23(2)13-17/h5-7,10,12-13,25H,3-4,8-9,11,14H2,1-2H3,(H,20,24). The molecule has 2 amide bonds. The van der Waals surface area contributed by atoms with E-state index in [1.807, 2.05) is 37.6 Å². The van der Waals surface area contributed by atoms with E-state index in [4.69, 9.17) is 0 Å². The number of benzene rings is 1. The zero-order valence-corrected chi connectivity index (χ0v) is 14.9. The Morgan fingerprint density at radius 3 is 2.80 bits per heavy atom. The Labute approximate surface area is 148 Å². The molecule has 25 heavy (non-hydrogen) atoms.